The Balaban J connectivity index is 3.23. The molecule has 0 amide bonds. The van der Waals surface area contributed by atoms with Gasteiger partial charge in [-0.2, -0.15) is 13.2 Å². The van der Waals surface area contributed by atoms with Crippen LogP contribution >= 0.6 is 0 Å². The molecule has 0 aliphatic rings. The number of carbonyl (C=O) groups excluding carboxylic acids is 1. The van der Waals surface area contributed by atoms with Crippen molar-refractivity contribution in [3.8, 4) is 0 Å². The van der Waals surface area contributed by atoms with Gasteiger partial charge in [-0.1, -0.05) is 6.07 Å². The van der Waals surface area contributed by atoms with Crippen molar-refractivity contribution in [3.63, 3.8) is 0 Å². The average molecular weight is 252 g/mol. The Bertz CT molecular complexity index is 491. The van der Waals surface area contributed by atoms with Crippen LogP contribution in [0.3, 0.4) is 0 Å². The molecule has 0 heterocycles. The highest BCUT2D eigenvalue weighted by atomic mass is 32.2. The predicted octanol–water partition coefficient (Wildman–Crippen LogP) is 1.68. The van der Waals surface area contributed by atoms with E-state index in [1.165, 1.54) is 0 Å². The predicted molar refractivity (Wildman–Crippen MR) is 49.6 cm³/mol. The monoisotopic (exact) mass is 252 g/mol. The van der Waals surface area contributed by atoms with E-state index in [2.05, 4.69) is 0 Å². The largest absolute Gasteiger partial charge is 0.416 e. The second-order valence-electron chi connectivity index (χ2n) is 2.97. The second kappa shape index (κ2) is 4.25. The Kier molecular flexibility index (Phi) is 3.37. The lowest BCUT2D eigenvalue weighted by Gasteiger charge is -2.08. The number of carbonyl (C=O) groups is 1. The lowest BCUT2D eigenvalue weighted by Crippen LogP contribution is -2.10. The maximum Gasteiger partial charge on any atom is 0.416 e. The van der Waals surface area contributed by atoms with Crippen molar-refractivity contribution in [2.24, 2.45) is 0 Å². The topological polar surface area (TPSA) is 51.2 Å². The van der Waals surface area contributed by atoms with Crippen LogP contribution in [-0.4, -0.2) is 20.5 Å². The number of alkyl halides is 3. The first-order chi connectivity index (χ1) is 7.27. The zero-order chi connectivity index (χ0) is 12.4. The number of rotatable bonds is 3. The lowest BCUT2D eigenvalue weighted by molar-refractivity contribution is -0.137. The Hall–Kier alpha value is -1.37. The SMILES string of the molecule is O=CCS(=O)(=O)c1cccc(C(F)(F)F)c1. The van der Waals surface area contributed by atoms with E-state index in [1.54, 1.807) is 0 Å². The van der Waals surface area contributed by atoms with Crippen LogP contribution in [0.4, 0.5) is 13.2 Å². The molecule has 0 aromatic heterocycles. The van der Waals surface area contributed by atoms with Gasteiger partial charge in [0, 0.05) is 0 Å². The smallest absolute Gasteiger partial charge is 0.302 e. The van der Waals surface area contributed by atoms with Gasteiger partial charge in [-0.05, 0) is 18.2 Å². The third-order valence-electron chi connectivity index (χ3n) is 1.81. The molecule has 0 N–H and O–H groups in total. The van der Waals surface area contributed by atoms with Gasteiger partial charge < -0.3 is 4.79 Å². The third-order valence-corrected chi connectivity index (χ3v) is 3.36. The van der Waals surface area contributed by atoms with Gasteiger partial charge in [-0.25, -0.2) is 8.42 Å². The number of hydrogen-bond donors (Lipinski definition) is 0. The standard InChI is InChI=1S/C9H7F3O3S/c10-9(11,12)7-2-1-3-8(6-7)16(14,15)5-4-13/h1-4,6H,5H2. The van der Waals surface area contributed by atoms with Gasteiger partial charge in [0.15, 0.2) is 9.84 Å². The van der Waals surface area contributed by atoms with Crippen LogP contribution in [0, 0.1) is 0 Å². The molecule has 1 aromatic carbocycles. The highest BCUT2D eigenvalue weighted by Gasteiger charge is 2.31. The summed E-state index contributed by atoms with van der Waals surface area (Å²) in [6.45, 7) is 0. The highest BCUT2D eigenvalue weighted by molar-refractivity contribution is 7.92. The maximum atomic E-state index is 12.3. The number of benzene rings is 1. The molecule has 1 rings (SSSR count). The Labute approximate surface area is 89.8 Å². The van der Waals surface area contributed by atoms with E-state index < -0.39 is 32.2 Å². The summed E-state index contributed by atoms with van der Waals surface area (Å²) in [6, 6.07) is 3.29. The quantitative estimate of drug-likeness (QED) is 0.769. The first-order valence-corrected chi connectivity index (χ1v) is 5.76. The molecule has 0 fully saturated rings. The summed E-state index contributed by atoms with van der Waals surface area (Å²) in [5, 5.41) is 0. The van der Waals surface area contributed by atoms with Gasteiger partial charge in [0.2, 0.25) is 0 Å². The minimum atomic E-state index is -4.60. The summed E-state index contributed by atoms with van der Waals surface area (Å²) in [5.74, 6) is -0.825. The van der Waals surface area contributed by atoms with Crippen molar-refractivity contribution in [3.05, 3.63) is 29.8 Å². The van der Waals surface area contributed by atoms with E-state index in [4.69, 9.17) is 0 Å². The highest BCUT2D eigenvalue weighted by Crippen LogP contribution is 2.30. The maximum absolute atomic E-state index is 12.3. The zero-order valence-corrected chi connectivity index (χ0v) is 8.68. The molecule has 7 heteroatoms. The van der Waals surface area contributed by atoms with Crippen LogP contribution in [0.1, 0.15) is 5.56 Å². The van der Waals surface area contributed by atoms with Crippen LogP contribution in [0.5, 0.6) is 0 Å². The van der Waals surface area contributed by atoms with Gasteiger partial charge in [-0.3, -0.25) is 0 Å². The number of halogens is 3. The minimum Gasteiger partial charge on any atom is -0.302 e. The molecule has 0 unspecified atom stereocenters. The third kappa shape index (κ3) is 2.82. The van der Waals surface area contributed by atoms with E-state index in [1.807, 2.05) is 0 Å². The molecule has 0 radical (unpaired) electrons. The van der Waals surface area contributed by atoms with E-state index in [-0.39, 0.29) is 6.29 Å². The average Bonchev–Trinajstić information content (AvgIpc) is 2.16. The van der Waals surface area contributed by atoms with Crippen LogP contribution in [0.2, 0.25) is 0 Å². The molecule has 16 heavy (non-hydrogen) atoms. The van der Waals surface area contributed by atoms with Crippen molar-refractivity contribution >= 4 is 16.1 Å². The molecule has 0 bridgehead atoms. The minimum absolute atomic E-state index is 0.135. The Morgan fingerprint density at radius 2 is 1.88 bits per heavy atom. The number of hydrogen-bond acceptors (Lipinski definition) is 3. The van der Waals surface area contributed by atoms with E-state index in [0.29, 0.717) is 6.07 Å². The Morgan fingerprint density at radius 1 is 1.25 bits per heavy atom. The van der Waals surface area contributed by atoms with Crippen molar-refractivity contribution < 1.29 is 26.4 Å². The fraction of sp³-hybridized carbons (Fsp3) is 0.222. The summed E-state index contributed by atoms with van der Waals surface area (Å²) in [5.41, 5.74) is -1.06. The second-order valence-corrected chi connectivity index (χ2v) is 5.01. The summed E-state index contributed by atoms with van der Waals surface area (Å²) >= 11 is 0. The van der Waals surface area contributed by atoms with Crippen molar-refractivity contribution in [1.82, 2.24) is 0 Å². The van der Waals surface area contributed by atoms with E-state index in [9.17, 15) is 26.4 Å². The van der Waals surface area contributed by atoms with Gasteiger partial charge in [0.1, 0.15) is 12.0 Å². The lowest BCUT2D eigenvalue weighted by atomic mass is 10.2. The molecule has 3 nitrogen and oxygen atoms in total. The van der Waals surface area contributed by atoms with E-state index in [0.717, 1.165) is 18.2 Å². The Morgan fingerprint density at radius 3 is 2.38 bits per heavy atom. The molecular weight excluding hydrogens is 245 g/mol. The molecule has 0 aliphatic carbocycles. The van der Waals surface area contributed by atoms with Crippen LogP contribution in [0.25, 0.3) is 0 Å². The summed E-state index contributed by atoms with van der Waals surface area (Å²) in [7, 11) is -3.96. The molecule has 88 valence electrons. The van der Waals surface area contributed by atoms with Gasteiger partial charge >= 0.3 is 6.18 Å². The summed E-state index contributed by atoms with van der Waals surface area (Å²) < 4.78 is 59.5. The fourth-order valence-corrected chi connectivity index (χ4v) is 2.02. The summed E-state index contributed by atoms with van der Waals surface area (Å²) in [4.78, 5) is 9.57. The molecule has 0 aliphatic heterocycles. The molecule has 1 aromatic rings. The zero-order valence-electron chi connectivity index (χ0n) is 7.86. The van der Waals surface area contributed by atoms with Crippen molar-refractivity contribution in [2.45, 2.75) is 11.1 Å². The van der Waals surface area contributed by atoms with Crippen molar-refractivity contribution in [2.75, 3.05) is 5.75 Å². The number of sulfone groups is 1. The fourth-order valence-electron chi connectivity index (χ4n) is 1.05. The van der Waals surface area contributed by atoms with E-state index >= 15 is 0 Å². The first-order valence-electron chi connectivity index (χ1n) is 4.11. The molecule has 0 spiro atoms. The molecule has 0 saturated carbocycles. The van der Waals surface area contributed by atoms with Gasteiger partial charge in [-0.15, -0.1) is 0 Å². The molecule has 0 saturated heterocycles. The van der Waals surface area contributed by atoms with Crippen LogP contribution in [0.15, 0.2) is 29.2 Å². The molecular formula is C9H7F3O3S. The van der Waals surface area contributed by atoms with Gasteiger partial charge in [0.05, 0.1) is 10.5 Å². The van der Waals surface area contributed by atoms with Crippen LogP contribution < -0.4 is 0 Å². The molecule has 0 atom stereocenters. The van der Waals surface area contributed by atoms with Crippen LogP contribution in [-0.2, 0) is 20.8 Å². The van der Waals surface area contributed by atoms with Gasteiger partial charge in [0.25, 0.3) is 0 Å². The normalized spacial score (nSPS) is 12.4. The summed E-state index contributed by atoms with van der Waals surface area (Å²) in [6.07, 6.45) is -4.47. The number of aldehydes is 1. The first kappa shape index (κ1) is 12.7. The van der Waals surface area contributed by atoms with Crippen molar-refractivity contribution in [1.29, 1.82) is 0 Å².